The summed E-state index contributed by atoms with van der Waals surface area (Å²) in [4.78, 5) is 20.9. The van der Waals surface area contributed by atoms with Crippen LogP contribution in [0.4, 0.5) is 17.1 Å². The van der Waals surface area contributed by atoms with Gasteiger partial charge in [0.1, 0.15) is 5.69 Å². The lowest BCUT2D eigenvalue weighted by atomic mass is 9.71. The van der Waals surface area contributed by atoms with E-state index in [1.807, 2.05) is 6.92 Å². The highest BCUT2D eigenvalue weighted by atomic mass is 16.6. The van der Waals surface area contributed by atoms with Gasteiger partial charge in [0.05, 0.1) is 15.9 Å². The van der Waals surface area contributed by atoms with Crippen molar-refractivity contribution in [2.24, 2.45) is 16.9 Å². The van der Waals surface area contributed by atoms with Gasteiger partial charge in [-0.25, -0.2) is 0 Å². The number of nitrogens with zero attached hydrogens (tertiary/aromatic N) is 3. The average Bonchev–Trinajstić information content (AvgIpc) is 2.72. The Morgan fingerprint density at radius 3 is 2.57 bits per heavy atom. The second-order valence-corrected chi connectivity index (χ2v) is 7.60. The number of hydrogen-bond donors (Lipinski definition) is 1. The molecule has 0 heterocycles. The van der Waals surface area contributed by atoms with Gasteiger partial charge in [0.15, 0.2) is 0 Å². The van der Waals surface area contributed by atoms with E-state index >= 15 is 0 Å². The highest BCUT2D eigenvalue weighted by molar-refractivity contribution is 5.86. The first-order chi connectivity index (χ1) is 13.5. The number of hydrogen-bond acceptors (Lipinski definition) is 6. The number of nitrogens with one attached hydrogen (secondary N) is 1. The van der Waals surface area contributed by atoms with Crippen LogP contribution in [0.1, 0.15) is 58.3 Å². The Labute approximate surface area is 164 Å². The summed E-state index contributed by atoms with van der Waals surface area (Å²) in [7, 11) is 0. The van der Waals surface area contributed by atoms with Gasteiger partial charge in [-0.15, -0.1) is 0 Å². The van der Waals surface area contributed by atoms with Crippen LogP contribution < -0.4 is 5.43 Å². The van der Waals surface area contributed by atoms with Gasteiger partial charge in [0.2, 0.25) is 0 Å². The van der Waals surface area contributed by atoms with Crippen LogP contribution in [0.25, 0.3) is 0 Å². The Kier molecular flexibility index (Phi) is 6.38. The van der Waals surface area contributed by atoms with Crippen molar-refractivity contribution in [3.63, 3.8) is 0 Å². The van der Waals surface area contributed by atoms with Gasteiger partial charge in [-0.2, -0.15) is 5.10 Å². The predicted molar refractivity (Wildman–Crippen MR) is 108 cm³/mol. The maximum atomic E-state index is 11.3. The van der Waals surface area contributed by atoms with E-state index < -0.39 is 9.85 Å². The molecule has 0 saturated heterocycles. The first-order valence-electron chi connectivity index (χ1n) is 9.89. The van der Waals surface area contributed by atoms with Gasteiger partial charge in [0.25, 0.3) is 5.69 Å². The van der Waals surface area contributed by atoms with E-state index in [2.05, 4.69) is 16.6 Å². The van der Waals surface area contributed by atoms with Gasteiger partial charge in [-0.1, -0.05) is 24.5 Å². The molecule has 0 unspecified atom stereocenters. The molecule has 0 amide bonds. The summed E-state index contributed by atoms with van der Waals surface area (Å²) in [6.45, 7) is 1.97. The SMILES string of the molecule is C/C(=N/Nc1ccc([N+](=O)[O-])cc1[N+](=O)[O-])[C@@H]1CCCC[C@H]1C1=CCCCC1. The molecule has 2 aliphatic carbocycles. The van der Waals surface area contributed by atoms with Crippen molar-refractivity contribution >= 4 is 22.8 Å². The van der Waals surface area contributed by atoms with E-state index in [9.17, 15) is 20.2 Å². The molecule has 3 rings (SSSR count). The minimum Gasteiger partial charge on any atom is -0.272 e. The van der Waals surface area contributed by atoms with Crippen LogP contribution >= 0.6 is 0 Å². The van der Waals surface area contributed by atoms with E-state index in [0.717, 1.165) is 31.0 Å². The standard InChI is InChI=1S/C20H26N4O4/c1-14(17-9-5-6-10-18(17)15-7-3-2-4-8-15)21-22-19-12-11-16(23(25)26)13-20(19)24(27)28/h7,11-13,17-18,22H,2-6,8-10H2,1H3/b21-14-/t17-,18-/m0/s1. The number of non-ortho nitro benzene ring substituents is 1. The van der Waals surface area contributed by atoms with Gasteiger partial charge >= 0.3 is 5.69 Å². The number of anilines is 1. The normalized spacial score (nSPS) is 23.0. The van der Waals surface area contributed by atoms with E-state index in [1.165, 1.54) is 44.2 Å². The molecule has 8 heteroatoms. The highest BCUT2D eigenvalue weighted by Crippen LogP contribution is 2.39. The van der Waals surface area contributed by atoms with Crippen molar-refractivity contribution in [3.8, 4) is 0 Å². The third-order valence-electron chi connectivity index (χ3n) is 5.85. The van der Waals surface area contributed by atoms with Crippen LogP contribution in [0.2, 0.25) is 0 Å². The minimum absolute atomic E-state index is 0.166. The number of nitro benzene ring substituents is 2. The minimum atomic E-state index is -0.643. The number of nitro groups is 2. The summed E-state index contributed by atoms with van der Waals surface area (Å²) in [6, 6.07) is 3.55. The lowest BCUT2D eigenvalue weighted by Crippen LogP contribution is -2.28. The first-order valence-corrected chi connectivity index (χ1v) is 9.89. The Bertz CT molecular complexity index is 818. The summed E-state index contributed by atoms with van der Waals surface area (Å²) in [5.41, 5.74) is 4.78. The van der Waals surface area contributed by atoms with Crippen molar-refractivity contribution in [3.05, 3.63) is 50.1 Å². The first kappa shape index (κ1) is 20.0. The average molecular weight is 386 g/mol. The molecule has 0 bridgehead atoms. The molecule has 2 atom stereocenters. The summed E-state index contributed by atoms with van der Waals surface area (Å²) in [5.74, 6) is 0.842. The molecule has 1 N–H and O–H groups in total. The molecule has 1 aromatic rings. The molecule has 1 aromatic carbocycles. The predicted octanol–water partition coefficient (Wildman–Crippen LogP) is 5.60. The third-order valence-corrected chi connectivity index (χ3v) is 5.85. The fraction of sp³-hybridized carbons (Fsp3) is 0.550. The zero-order chi connectivity index (χ0) is 20.1. The Morgan fingerprint density at radius 2 is 1.89 bits per heavy atom. The maximum Gasteiger partial charge on any atom is 0.301 e. The Balaban J connectivity index is 1.80. The topological polar surface area (TPSA) is 111 Å². The quantitative estimate of drug-likeness (QED) is 0.296. The fourth-order valence-corrected chi connectivity index (χ4v) is 4.38. The van der Waals surface area contributed by atoms with Crippen molar-refractivity contribution in [1.82, 2.24) is 0 Å². The maximum absolute atomic E-state index is 11.3. The summed E-state index contributed by atoms with van der Waals surface area (Å²) < 4.78 is 0. The second kappa shape index (κ2) is 8.95. The summed E-state index contributed by atoms with van der Waals surface area (Å²) in [6.07, 6.45) is 11.9. The molecule has 8 nitrogen and oxygen atoms in total. The van der Waals surface area contributed by atoms with Gasteiger partial charge in [-0.05, 0) is 57.4 Å². The molecule has 1 saturated carbocycles. The van der Waals surface area contributed by atoms with Crippen LogP contribution in [0.5, 0.6) is 0 Å². The zero-order valence-corrected chi connectivity index (χ0v) is 16.1. The molecule has 28 heavy (non-hydrogen) atoms. The molecule has 150 valence electrons. The fourth-order valence-electron chi connectivity index (χ4n) is 4.38. The van der Waals surface area contributed by atoms with Gasteiger partial charge in [0, 0.05) is 17.7 Å². The number of allylic oxidation sites excluding steroid dienone is 2. The van der Waals surface area contributed by atoms with E-state index in [4.69, 9.17) is 0 Å². The lowest BCUT2D eigenvalue weighted by Gasteiger charge is -2.34. The van der Waals surface area contributed by atoms with Gasteiger partial charge in [-0.3, -0.25) is 25.7 Å². The van der Waals surface area contributed by atoms with Crippen molar-refractivity contribution < 1.29 is 9.85 Å². The summed E-state index contributed by atoms with van der Waals surface area (Å²) in [5, 5.41) is 26.6. The number of benzene rings is 1. The zero-order valence-electron chi connectivity index (χ0n) is 16.1. The third kappa shape index (κ3) is 4.55. The molecular formula is C20H26N4O4. The molecule has 0 radical (unpaired) electrons. The highest BCUT2D eigenvalue weighted by Gasteiger charge is 2.30. The van der Waals surface area contributed by atoms with Crippen LogP contribution in [0, 0.1) is 32.1 Å². The molecule has 2 aliphatic rings. The van der Waals surface area contributed by atoms with Crippen LogP contribution in [0.15, 0.2) is 34.9 Å². The van der Waals surface area contributed by atoms with E-state index in [1.54, 1.807) is 5.57 Å². The van der Waals surface area contributed by atoms with Crippen LogP contribution in [-0.2, 0) is 0 Å². The Morgan fingerprint density at radius 1 is 1.11 bits per heavy atom. The molecule has 1 fully saturated rings. The summed E-state index contributed by atoms with van der Waals surface area (Å²) >= 11 is 0. The molecule has 0 aromatic heterocycles. The smallest absolute Gasteiger partial charge is 0.272 e. The number of rotatable bonds is 6. The molecular weight excluding hydrogens is 360 g/mol. The van der Waals surface area contributed by atoms with E-state index in [0.29, 0.717) is 11.8 Å². The van der Waals surface area contributed by atoms with Crippen LogP contribution in [-0.4, -0.2) is 15.6 Å². The van der Waals surface area contributed by atoms with E-state index in [-0.39, 0.29) is 17.1 Å². The Hall–Kier alpha value is -2.77. The molecule has 0 aliphatic heterocycles. The van der Waals surface area contributed by atoms with Crippen LogP contribution in [0.3, 0.4) is 0 Å². The largest absolute Gasteiger partial charge is 0.301 e. The van der Waals surface area contributed by atoms with Crippen molar-refractivity contribution in [2.75, 3.05) is 5.43 Å². The second-order valence-electron chi connectivity index (χ2n) is 7.60. The monoisotopic (exact) mass is 386 g/mol. The number of hydrazone groups is 1. The molecule has 0 spiro atoms. The lowest BCUT2D eigenvalue weighted by molar-refractivity contribution is -0.393. The van der Waals surface area contributed by atoms with Crippen molar-refractivity contribution in [1.29, 1.82) is 0 Å². The van der Waals surface area contributed by atoms with Gasteiger partial charge < -0.3 is 0 Å². The van der Waals surface area contributed by atoms with Crippen molar-refractivity contribution in [2.45, 2.75) is 58.3 Å².